The first-order chi connectivity index (χ1) is 15.1. The standard InChI is InChI=1S/C17H16N6O.C5H10.C2H6/c18-17(24)12-9-20-16(7-14(12)21-11-2-3-11)23-15-4-1-10-8-19-6-5-13(10)22-15;1-5-3-2-4-5;1-2/h1,4-9,11H,2-3H2,(H2,18,24)(H2,20,21,22,23);5H,2-4H2,1H3;1-2H3. The Morgan fingerprint density at radius 1 is 1.06 bits per heavy atom. The lowest BCUT2D eigenvalue weighted by molar-refractivity contribution is 0.100. The van der Waals surface area contributed by atoms with E-state index in [9.17, 15) is 4.79 Å². The minimum absolute atomic E-state index is 0.394. The topological polar surface area (TPSA) is 106 Å². The molecule has 2 fully saturated rings. The molecule has 0 aromatic carbocycles. The first-order valence-corrected chi connectivity index (χ1v) is 11.1. The van der Waals surface area contributed by atoms with E-state index < -0.39 is 5.91 Å². The van der Waals surface area contributed by atoms with Crippen molar-refractivity contribution in [3.05, 3.63) is 48.4 Å². The summed E-state index contributed by atoms with van der Waals surface area (Å²) in [5.41, 5.74) is 7.36. The number of carbonyl (C=O) groups is 1. The Morgan fingerprint density at radius 2 is 1.81 bits per heavy atom. The average Bonchev–Trinajstić information content (AvgIpc) is 3.58. The van der Waals surface area contributed by atoms with Gasteiger partial charge in [-0.15, -0.1) is 0 Å². The summed E-state index contributed by atoms with van der Waals surface area (Å²) in [5, 5.41) is 7.44. The molecule has 164 valence electrons. The third kappa shape index (κ3) is 6.38. The zero-order chi connectivity index (χ0) is 22.2. The van der Waals surface area contributed by atoms with Gasteiger partial charge in [-0.3, -0.25) is 9.78 Å². The predicted molar refractivity (Wildman–Crippen MR) is 127 cm³/mol. The van der Waals surface area contributed by atoms with Gasteiger partial charge in [0.1, 0.15) is 11.6 Å². The highest BCUT2D eigenvalue weighted by atomic mass is 16.1. The van der Waals surface area contributed by atoms with Gasteiger partial charge in [0.05, 0.1) is 16.8 Å². The number of anilines is 3. The van der Waals surface area contributed by atoms with Crippen molar-refractivity contribution in [3.8, 4) is 0 Å². The average molecular weight is 421 g/mol. The molecule has 2 aliphatic rings. The van der Waals surface area contributed by atoms with E-state index in [1.165, 1.54) is 25.5 Å². The van der Waals surface area contributed by atoms with Crippen molar-refractivity contribution in [2.24, 2.45) is 11.7 Å². The maximum Gasteiger partial charge on any atom is 0.252 e. The van der Waals surface area contributed by atoms with Gasteiger partial charge in [-0.05, 0) is 37.0 Å². The third-order valence-electron chi connectivity index (χ3n) is 5.25. The van der Waals surface area contributed by atoms with Gasteiger partial charge in [0, 0.05) is 36.1 Å². The Bertz CT molecular complexity index is 1010. The van der Waals surface area contributed by atoms with Gasteiger partial charge < -0.3 is 16.4 Å². The molecule has 0 spiro atoms. The Labute approximate surface area is 183 Å². The van der Waals surface area contributed by atoms with Gasteiger partial charge in [-0.1, -0.05) is 40.0 Å². The number of nitrogens with one attached hydrogen (secondary N) is 2. The lowest BCUT2D eigenvalue weighted by atomic mass is 9.88. The van der Waals surface area contributed by atoms with Crippen molar-refractivity contribution in [1.29, 1.82) is 0 Å². The molecule has 2 saturated carbocycles. The first kappa shape index (κ1) is 22.5. The largest absolute Gasteiger partial charge is 0.382 e. The van der Waals surface area contributed by atoms with Crippen LogP contribution in [0.2, 0.25) is 0 Å². The zero-order valence-corrected chi connectivity index (χ0v) is 18.6. The van der Waals surface area contributed by atoms with Crippen LogP contribution in [-0.4, -0.2) is 26.9 Å². The number of aromatic nitrogens is 3. The second kappa shape index (κ2) is 10.7. The maximum absolute atomic E-state index is 11.5. The molecule has 7 nitrogen and oxygen atoms in total. The molecule has 1 amide bonds. The van der Waals surface area contributed by atoms with Gasteiger partial charge in [0.15, 0.2) is 0 Å². The van der Waals surface area contributed by atoms with Crippen LogP contribution in [0.1, 0.15) is 63.2 Å². The minimum Gasteiger partial charge on any atom is -0.382 e. The molecule has 4 N–H and O–H groups in total. The third-order valence-corrected chi connectivity index (χ3v) is 5.25. The normalized spacial score (nSPS) is 14.9. The van der Waals surface area contributed by atoms with Crippen molar-refractivity contribution >= 4 is 34.1 Å². The van der Waals surface area contributed by atoms with Crippen LogP contribution in [0.3, 0.4) is 0 Å². The van der Waals surface area contributed by atoms with Gasteiger partial charge in [0.2, 0.25) is 0 Å². The molecule has 0 bridgehead atoms. The fraction of sp³-hybridized carbons (Fsp3) is 0.417. The summed E-state index contributed by atoms with van der Waals surface area (Å²) in [6.45, 7) is 6.31. The SMILES string of the molecule is CC.CC1CCC1.NC(=O)c1cnc(Nc2ccc3cnccc3n2)cc1NC1CC1. The summed E-state index contributed by atoms with van der Waals surface area (Å²) in [6, 6.07) is 7.85. The predicted octanol–water partition coefficient (Wildman–Crippen LogP) is 5.27. The molecule has 0 atom stereocenters. The van der Waals surface area contributed by atoms with Crippen LogP contribution >= 0.6 is 0 Å². The summed E-state index contributed by atoms with van der Waals surface area (Å²) in [7, 11) is 0. The van der Waals surface area contributed by atoms with E-state index in [1.54, 1.807) is 18.5 Å². The number of primary amides is 1. The minimum atomic E-state index is -0.492. The molecule has 2 aliphatic carbocycles. The van der Waals surface area contributed by atoms with Crippen LogP contribution in [0, 0.1) is 5.92 Å². The van der Waals surface area contributed by atoms with Crippen molar-refractivity contribution < 1.29 is 4.79 Å². The smallest absolute Gasteiger partial charge is 0.252 e. The van der Waals surface area contributed by atoms with Crippen LogP contribution in [0.5, 0.6) is 0 Å². The number of pyridine rings is 3. The van der Waals surface area contributed by atoms with Crippen LogP contribution < -0.4 is 16.4 Å². The van der Waals surface area contributed by atoms with Gasteiger partial charge in [-0.25, -0.2) is 9.97 Å². The fourth-order valence-electron chi connectivity index (χ4n) is 3.07. The van der Waals surface area contributed by atoms with Crippen LogP contribution in [0.4, 0.5) is 17.3 Å². The Balaban J connectivity index is 0.000000337. The maximum atomic E-state index is 11.5. The number of nitrogens with zero attached hydrogens (tertiary/aromatic N) is 3. The summed E-state index contributed by atoms with van der Waals surface area (Å²) >= 11 is 0. The number of rotatable bonds is 5. The molecule has 3 aromatic rings. The van der Waals surface area contributed by atoms with E-state index in [0.717, 1.165) is 29.7 Å². The molecule has 0 radical (unpaired) electrons. The Kier molecular flexibility index (Phi) is 7.76. The number of hydrogen-bond donors (Lipinski definition) is 3. The van der Waals surface area contributed by atoms with Gasteiger partial charge in [-0.2, -0.15) is 0 Å². The molecule has 3 heterocycles. The number of carbonyl (C=O) groups excluding carboxylic acids is 1. The molecule has 31 heavy (non-hydrogen) atoms. The quantitative estimate of drug-likeness (QED) is 0.519. The molecule has 0 unspecified atom stereocenters. The van der Waals surface area contributed by atoms with Crippen molar-refractivity contribution in [2.75, 3.05) is 10.6 Å². The lowest BCUT2D eigenvalue weighted by Crippen LogP contribution is -2.16. The van der Waals surface area contributed by atoms with E-state index in [-0.39, 0.29) is 0 Å². The second-order valence-corrected chi connectivity index (χ2v) is 7.82. The number of amides is 1. The molecule has 0 aliphatic heterocycles. The van der Waals surface area contributed by atoms with Gasteiger partial charge in [0.25, 0.3) is 5.91 Å². The summed E-state index contributed by atoms with van der Waals surface area (Å²) < 4.78 is 0. The van der Waals surface area contributed by atoms with E-state index in [1.807, 2.05) is 32.0 Å². The van der Waals surface area contributed by atoms with Gasteiger partial charge >= 0.3 is 0 Å². The number of fused-ring (bicyclic) bond motifs is 1. The van der Waals surface area contributed by atoms with Crippen LogP contribution in [0.15, 0.2) is 42.9 Å². The van der Waals surface area contributed by atoms with E-state index in [4.69, 9.17) is 5.73 Å². The van der Waals surface area contributed by atoms with Crippen LogP contribution in [-0.2, 0) is 0 Å². The molecule has 5 rings (SSSR count). The number of hydrogen-bond acceptors (Lipinski definition) is 6. The monoisotopic (exact) mass is 420 g/mol. The van der Waals surface area contributed by atoms with Crippen molar-refractivity contribution in [1.82, 2.24) is 15.0 Å². The molecular formula is C24H32N6O. The van der Waals surface area contributed by atoms with Crippen LogP contribution in [0.25, 0.3) is 10.9 Å². The molecular weight excluding hydrogens is 388 g/mol. The van der Waals surface area contributed by atoms with E-state index in [0.29, 0.717) is 28.9 Å². The fourth-order valence-corrected chi connectivity index (χ4v) is 3.07. The lowest BCUT2D eigenvalue weighted by Gasteiger charge is -2.18. The number of nitrogens with two attached hydrogens (primary N) is 1. The Morgan fingerprint density at radius 3 is 2.42 bits per heavy atom. The highest BCUT2D eigenvalue weighted by molar-refractivity contribution is 5.98. The summed E-state index contributed by atoms with van der Waals surface area (Å²) in [5.74, 6) is 1.85. The molecule has 7 heteroatoms. The second-order valence-electron chi connectivity index (χ2n) is 7.82. The van der Waals surface area contributed by atoms with Crippen molar-refractivity contribution in [3.63, 3.8) is 0 Å². The van der Waals surface area contributed by atoms with Crippen molar-refractivity contribution in [2.45, 2.75) is 58.9 Å². The zero-order valence-electron chi connectivity index (χ0n) is 18.6. The molecule has 3 aromatic heterocycles. The summed E-state index contributed by atoms with van der Waals surface area (Å²) in [6.07, 6.45) is 11.6. The molecule has 0 saturated heterocycles. The van der Waals surface area contributed by atoms with E-state index in [2.05, 4.69) is 32.5 Å². The highest BCUT2D eigenvalue weighted by Crippen LogP contribution is 2.28. The highest BCUT2D eigenvalue weighted by Gasteiger charge is 2.23. The van der Waals surface area contributed by atoms with E-state index >= 15 is 0 Å². The first-order valence-electron chi connectivity index (χ1n) is 11.1. The Hall–Kier alpha value is -3.22. The summed E-state index contributed by atoms with van der Waals surface area (Å²) in [4.78, 5) is 24.4.